The molecule has 0 aromatic heterocycles. The van der Waals surface area contributed by atoms with Gasteiger partial charge in [0.2, 0.25) is 0 Å². The van der Waals surface area contributed by atoms with Crippen molar-refractivity contribution in [2.45, 2.75) is 24.9 Å². The van der Waals surface area contributed by atoms with Crippen LogP contribution in [0, 0.1) is 0 Å². The third kappa shape index (κ3) is 1.63. The van der Waals surface area contributed by atoms with Crippen LogP contribution in [0.15, 0.2) is 30.3 Å². The van der Waals surface area contributed by atoms with Crippen LogP contribution in [0.4, 0.5) is 0 Å². The molecule has 1 N–H and O–H groups in total. The summed E-state index contributed by atoms with van der Waals surface area (Å²) >= 11 is 0. The predicted octanol–water partition coefficient (Wildman–Crippen LogP) is 0.901. The molecule has 0 unspecified atom stereocenters. The van der Waals surface area contributed by atoms with E-state index >= 15 is 0 Å². The van der Waals surface area contributed by atoms with Crippen molar-refractivity contribution >= 4 is 13.3 Å². The van der Waals surface area contributed by atoms with E-state index in [2.05, 4.69) is 37.4 Å². The molecule has 0 bridgehead atoms. The van der Waals surface area contributed by atoms with Gasteiger partial charge in [0.15, 0.2) is 0 Å². The summed E-state index contributed by atoms with van der Waals surface area (Å²) in [6.45, 7) is 4.75. The van der Waals surface area contributed by atoms with Gasteiger partial charge in [-0.3, -0.25) is 0 Å². The second kappa shape index (κ2) is 3.49. The molecule has 2 rings (SSSR count). The zero-order valence-electron chi connectivity index (χ0n) is 8.60. The van der Waals surface area contributed by atoms with Crippen LogP contribution in [-0.4, -0.2) is 31.6 Å². The summed E-state index contributed by atoms with van der Waals surface area (Å²) < 4.78 is 5.50. The molecule has 1 aliphatic heterocycles. The van der Waals surface area contributed by atoms with Crippen molar-refractivity contribution < 1.29 is 9.84 Å². The Morgan fingerprint density at radius 2 is 1.93 bits per heavy atom. The van der Waals surface area contributed by atoms with Gasteiger partial charge in [0.1, 0.15) is 14.2 Å². The summed E-state index contributed by atoms with van der Waals surface area (Å²) in [5.74, 6) is 0. The molecular weight excluding hydrogens is 192 g/mol. The highest BCUT2D eigenvalue weighted by Gasteiger charge is 2.51. The minimum absolute atomic E-state index is 0.0943. The van der Waals surface area contributed by atoms with E-state index in [1.165, 1.54) is 5.19 Å². The van der Waals surface area contributed by atoms with Crippen molar-refractivity contribution in [3.05, 3.63) is 30.3 Å². The average Bonchev–Trinajstić information content (AvgIpc) is 2.98. The molecule has 1 aromatic rings. The maximum absolute atomic E-state index is 8.98. The van der Waals surface area contributed by atoms with Crippen LogP contribution in [0.2, 0.25) is 13.1 Å². The van der Waals surface area contributed by atoms with Crippen LogP contribution in [0.5, 0.6) is 0 Å². The standard InChI is InChI=1S/C11H16O2Si/c1-14(2,11-10(8-12)13-11)9-6-4-3-5-7-9/h3-7,10-12H,8H2,1-2H3/t10-,11+/m1/s1. The lowest BCUT2D eigenvalue weighted by atomic mass is 10.4. The number of benzene rings is 1. The maximum atomic E-state index is 8.98. The van der Waals surface area contributed by atoms with Crippen LogP contribution < -0.4 is 5.19 Å². The molecule has 0 aliphatic carbocycles. The number of aliphatic hydroxyl groups excluding tert-OH is 1. The zero-order valence-corrected chi connectivity index (χ0v) is 9.60. The third-order valence-electron chi connectivity index (χ3n) is 2.99. The van der Waals surface area contributed by atoms with Crippen LogP contribution in [0.25, 0.3) is 0 Å². The molecule has 1 heterocycles. The highest BCUT2D eigenvalue weighted by Crippen LogP contribution is 2.30. The highest BCUT2D eigenvalue weighted by molar-refractivity contribution is 6.91. The molecule has 2 atom stereocenters. The molecule has 0 radical (unpaired) electrons. The van der Waals surface area contributed by atoms with Crippen molar-refractivity contribution in [2.75, 3.05) is 6.61 Å². The Hall–Kier alpha value is -0.643. The number of hydrogen-bond acceptors (Lipinski definition) is 2. The number of epoxide rings is 1. The Bertz CT molecular complexity index is 310. The van der Waals surface area contributed by atoms with Gasteiger partial charge in [-0.15, -0.1) is 0 Å². The van der Waals surface area contributed by atoms with Crippen molar-refractivity contribution in [2.24, 2.45) is 0 Å². The summed E-state index contributed by atoms with van der Waals surface area (Å²) in [5, 5.41) is 10.4. The minimum atomic E-state index is -1.51. The van der Waals surface area contributed by atoms with Gasteiger partial charge in [0.05, 0.1) is 12.3 Å². The fourth-order valence-electron chi connectivity index (χ4n) is 1.95. The molecule has 2 nitrogen and oxygen atoms in total. The summed E-state index contributed by atoms with van der Waals surface area (Å²) in [6, 6.07) is 10.5. The van der Waals surface area contributed by atoms with E-state index in [1.807, 2.05) is 6.07 Å². The summed E-state index contributed by atoms with van der Waals surface area (Å²) in [5.41, 5.74) is 0.301. The van der Waals surface area contributed by atoms with Gasteiger partial charge in [-0.25, -0.2) is 0 Å². The number of hydrogen-bond donors (Lipinski definition) is 1. The molecule has 1 fully saturated rings. The third-order valence-corrected chi connectivity index (χ3v) is 6.74. The van der Waals surface area contributed by atoms with Gasteiger partial charge < -0.3 is 9.84 Å². The van der Waals surface area contributed by atoms with E-state index in [0.29, 0.717) is 5.73 Å². The molecule has 1 saturated heterocycles. The van der Waals surface area contributed by atoms with Crippen LogP contribution in [-0.2, 0) is 4.74 Å². The van der Waals surface area contributed by atoms with Gasteiger partial charge >= 0.3 is 0 Å². The van der Waals surface area contributed by atoms with E-state index < -0.39 is 8.07 Å². The van der Waals surface area contributed by atoms with Gasteiger partial charge in [-0.2, -0.15) is 0 Å². The average molecular weight is 208 g/mol. The first kappa shape index (κ1) is 9.89. The van der Waals surface area contributed by atoms with E-state index in [0.717, 1.165) is 0 Å². The molecular formula is C11H16O2Si. The van der Waals surface area contributed by atoms with E-state index in [9.17, 15) is 0 Å². The lowest BCUT2D eigenvalue weighted by Gasteiger charge is -2.20. The van der Waals surface area contributed by atoms with Gasteiger partial charge in [-0.05, 0) is 0 Å². The minimum Gasteiger partial charge on any atom is -0.394 e. The second-order valence-corrected chi connectivity index (χ2v) is 8.96. The largest absolute Gasteiger partial charge is 0.394 e. The molecule has 1 aliphatic rings. The first-order valence-corrected chi connectivity index (χ1v) is 8.06. The Labute approximate surface area is 85.5 Å². The lowest BCUT2D eigenvalue weighted by Crippen LogP contribution is -2.48. The summed E-state index contributed by atoms with van der Waals surface area (Å²) in [6.07, 6.45) is 0.0943. The number of ether oxygens (including phenoxy) is 1. The maximum Gasteiger partial charge on any atom is 0.117 e. The van der Waals surface area contributed by atoms with Crippen LogP contribution in [0.1, 0.15) is 0 Å². The van der Waals surface area contributed by atoms with Crippen LogP contribution in [0.3, 0.4) is 0 Å². The quantitative estimate of drug-likeness (QED) is 0.591. The summed E-state index contributed by atoms with van der Waals surface area (Å²) in [7, 11) is -1.51. The smallest absolute Gasteiger partial charge is 0.117 e. The summed E-state index contributed by atoms with van der Waals surface area (Å²) in [4.78, 5) is 0. The van der Waals surface area contributed by atoms with Gasteiger partial charge in [-0.1, -0.05) is 48.6 Å². The Morgan fingerprint density at radius 3 is 2.43 bits per heavy atom. The Kier molecular flexibility index (Phi) is 2.47. The molecule has 0 spiro atoms. The monoisotopic (exact) mass is 208 g/mol. The van der Waals surface area contributed by atoms with Crippen molar-refractivity contribution in [3.8, 4) is 0 Å². The van der Waals surface area contributed by atoms with E-state index in [-0.39, 0.29) is 12.7 Å². The first-order chi connectivity index (χ1) is 6.66. The fourth-order valence-corrected chi connectivity index (χ4v) is 4.88. The molecule has 1 aromatic carbocycles. The predicted molar refractivity (Wildman–Crippen MR) is 59.3 cm³/mol. The van der Waals surface area contributed by atoms with Crippen LogP contribution >= 0.6 is 0 Å². The SMILES string of the molecule is C[Si](C)(c1ccccc1)[C@@H]1O[C@@H]1CO. The fraction of sp³-hybridized carbons (Fsp3) is 0.455. The van der Waals surface area contributed by atoms with E-state index in [4.69, 9.17) is 9.84 Å². The Balaban J connectivity index is 2.17. The van der Waals surface area contributed by atoms with E-state index in [1.54, 1.807) is 0 Å². The van der Waals surface area contributed by atoms with Crippen molar-refractivity contribution in [1.82, 2.24) is 0 Å². The zero-order chi connectivity index (χ0) is 10.2. The first-order valence-electron chi connectivity index (χ1n) is 4.98. The van der Waals surface area contributed by atoms with Crippen molar-refractivity contribution in [1.29, 1.82) is 0 Å². The molecule has 76 valence electrons. The number of aliphatic hydroxyl groups is 1. The second-order valence-electron chi connectivity index (χ2n) is 4.37. The van der Waals surface area contributed by atoms with Gasteiger partial charge in [0, 0.05) is 0 Å². The molecule has 0 amide bonds. The number of rotatable bonds is 3. The normalized spacial score (nSPS) is 26.2. The topological polar surface area (TPSA) is 32.8 Å². The van der Waals surface area contributed by atoms with Crippen molar-refractivity contribution in [3.63, 3.8) is 0 Å². The van der Waals surface area contributed by atoms with Gasteiger partial charge in [0.25, 0.3) is 0 Å². The molecule has 3 heteroatoms. The lowest BCUT2D eigenvalue weighted by molar-refractivity contribution is 0.243. The molecule has 14 heavy (non-hydrogen) atoms. The Morgan fingerprint density at radius 1 is 1.29 bits per heavy atom. The highest BCUT2D eigenvalue weighted by atomic mass is 28.3. The molecule has 0 saturated carbocycles.